The highest BCUT2D eigenvalue weighted by atomic mass is 35.5. The molecule has 0 saturated carbocycles. The smallest absolute Gasteiger partial charge is 0.180 e. The Labute approximate surface area is 93.0 Å². The first kappa shape index (κ1) is 10.2. The van der Waals surface area contributed by atoms with Crippen LogP contribution in [0.15, 0.2) is 0 Å². The number of hydrogen-bond donors (Lipinski definition) is 1. The fourth-order valence-electron chi connectivity index (χ4n) is 2.01. The molecule has 0 saturated heterocycles. The summed E-state index contributed by atoms with van der Waals surface area (Å²) in [6, 6.07) is 0. The molecule has 1 aliphatic carbocycles. The summed E-state index contributed by atoms with van der Waals surface area (Å²) in [5.74, 6) is 0.467. The summed E-state index contributed by atoms with van der Waals surface area (Å²) >= 11 is 7.49. The Kier molecular flexibility index (Phi) is 2.95. The lowest BCUT2D eigenvalue weighted by molar-refractivity contribution is 0.433. The molecule has 2 N–H and O–H groups in total. The third kappa shape index (κ3) is 2.02. The molecule has 0 bridgehead atoms. The summed E-state index contributed by atoms with van der Waals surface area (Å²) < 4.78 is 1.70. The van der Waals surface area contributed by atoms with Gasteiger partial charge in [-0.1, -0.05) is 0 Å². The Bertz CT molecular complexity index is 324. The summed E-state index contributed by atoms with van der Waals surface area (Å²) in [5.41, 5.74) is 6.90. The minimum absolute atomic E-state index is 0.467. The maximum atomic E-state index is 5.86. The van der Waals surface area contributed by atoms with Gasteiger partial charge in [0.15, 0.2) is 5.13 Å². The summed E-state index contributed by atoms with van der Waals surface area (Å²) in [5, 5.41) is 0.694. The van der Waals surface area contributed by atoms with E-state index in [0.717, 1.165) is 13.0 Å². The van der Waals surface area contributed by atoms with Crippen LogP contribution in [-0.4, -0.2) is 23.0 Å². The molecule has 1 unspecified atom stereocenters. The number of likely N-dealkylation sites (N-methyl/N-ethyl adjacent to an activating group) is 1. The SMILES string of the molecule is CN(Cl)CC1CCCc2sc(N)nc21. The Morgan fingerprint density at radius 3 is 3.21 bits per heavy atom. The van der Waals surface area contributed by atoms with Crippen molar-refractivity contribution >= 4 is 28.2 Å². The Morgan fingerprint density at radius 1 is 1.71 bits per heavy atom. The average molecular weight is 232 g/mol. The number of nitrogens with zero attached hydrogens (tertiary/aromatic N) is 2. The van der Waals surface area contributed by atoms with Gasteiger partial charge in [-0.2, -0.15) is 0 Å². The van der Waals surface area contributed by atoms with Crippen molar-refractivity contribution in [3.05, 3.63) is 10.6 Å². The van der Waals surface area contributed by atoms with E-state index in [4.69, 9.17) is 17.5 Å². The lowest BCUT2D eigenvalue weighted by Crippen LogP contribution is -2.20. The number of thiazole rings is 1. The van der Waals surface area contributed by atoms with Crippen LogP contribution in [0.25, 0.3) is 0 Å². The number of nitrogen functional groups attached to an aromatic ring is 1. The zero-order valence-corrected chi connectivity index (χ0v) is 9.74. The predicted molar refractivity (Wildman–Crippen MR) is 60.7 cm³/mol. The van der Waals surface area contributed by atoms with E-state index >= 15 is 0 Å². The van der Waals surface area contributed by atoms with Gasteiger partial charge >= 0.3 is 0 Å². The van der Waals surface area contributed by atoms with Crippen LogP contribution in [-0.2, 0) is 6.42 Å². The number of rotatable bonds is 2. The molecule has 0 radical (unpaired) electrons. The normalized spacial score (nSPS) is 21.2. The summed E-state index contributed by atoms with van der Waals surface area (Å²) in [7, 11) is 1.88. The second-order valence-corrected chi connectivity index (χ2v) is 5.43. The lowest BCUT2D eigenvalue weighted by atomic mass is 9.91. The molecule has 3 nitrogen and oxygen atoms in total. The van der Waals surface area contributed by atoms with E-state index in [9.17, 15) is 0 Å². The van der Waals surface area contributed by atoms with Gasteiger partial charge in [0, 0.05) is 24.4 Å². The van der Waals surface area contributed by atoms with Crippen LogP contribution in [0.3, 0.4) is 0 Å². The molecule has 1 aromatic rings. The van der Waals surface area contributed by atoms with Crippen molar-refractivity contribution in [2.45, 2.75) is 25.2 Å². The summed E-state index contributed by atoms with van der Waals surface area (Å²) in [6.07, 6.45) is 3.53. The molecular formula is C9H14ClN3S. The van der Waals surface area contributed by atoms with Crippen molar-refractivity contribution in [1.82, 2.24) is 9.40 Å². The van der Waals surface area contributed by atoms with Gasteiger partial charge in [0.1, 0.15) is 0 Å². The van der Waals surface area contributed by atoms with E-state index in [1.54, 1.807) is 15.8 Å². The van der Waals surface area contributed by atoms with E-state index in [0.29, 0.717) is 11.0 Å². The van der Waals surface area contributed by atoms with Gasteiger partial charge in [0.2, 0.25) is 0 Å². The van der Waals surface area contributed by atoms with Crippen LogP contribution in [0.1, 0.15) is 29.3 Å². The summed E-state index contributed by atoms with van der Waals surface area (Å²) in [4.78, 5) is 5.76. The fourth-order valence-corrected chi connectivity index (χ4v) is 3.13. The predicted octanol–water partition coefficient (Wildman–Crippen LogP) is 2.23. The van der Waals surface area contributed by atoms with Gasteiger partial charge in [0.05, 0.1) is 5.69 Å². The second-order valence-electron chi connectivity index (χ2n) is 3.74. The van der Waals surface area contributed by atoms with E-state index in [1.807, 2.05) is 7.05 Å². The number of halogens is 1. The molecule has 2 rings (SSSR count). The maximum Gasteiger partial charge on any atom is 0.180 e. The summed E-state index contributed by atoms with van der Waals surface area (Å²) in [6.45, 7) is 0.859. The Balaban J connectivity index is 2.21. The van der Waals surface area contributed by atoms with E-state index in [1.165, 1.54) is 23.4 Å². The van der Waals surface area contributed by atoms with Crippen LogP contribution in [0.4, 0.5) is 5.13 Å². The highest BCUT2D eigenvalue weighted by molar-refractivity contribution is 7.15. The van der Waals surface area contributed by atoms with Crippen LogP contribution in [0, 0.1) is 0 Å². The zero-order chi connectivity index (χ0) is 10.1. The van der Waals surface area contributed by atoms with Crippen molar-refractivity contribution in [2.75, 3.05) is 19.3 Å². The number of fused-ring (bicyclic) bond motifs is 1. The van der Waals surface area contributed by atoms with E-state index < -0.39 is 0 Å². The van der Waals surface area contributed by atoms with Crippen molar-refractivity contribution in [1.29, 1.82) is 0 Å². The lowest BCUT2D eigenvalue weighted by Gasteiger charge is -2.22. The molecule has 1 heterocycles. The molecule has 0 aliphatic heterocycles. The second kappa shape index (κ2) is 4.04. The molecular weight excluding hydrogens is 218 g/mol. The minimum Gasteiger partial charge on any atom is -0.375 e. The average Bonchev–Trinajstić information content (AvgIpc) is 2.45. The van der Waals surface area contributed by atoms with Crippen LogP contribution < -0.4 is 5.73 Å². The molecule has 78 valence electrons. The molecule has 0 spiro atoms. The molecule has 0 amide bonds. The molecule has 1 aromatic heterocycles. The van der Waals surface area contributed by atoms with Crippen LogP contribution >= 0.6 is 23.1 Å². The van der Waals surface area contributed by atoms with Crippen molar-refractivity contribution in [2.24, 2.45) is 0 Å². The Hall–Kier alpha value is -0.320. The van der Waals surface area contributed by atoms with Gasteiger partial charge in [-0.25, -0.2) is 9.40 Å². The maximum absolute atomic E-state index is 5.86. The monoisotopic (exact) mass is 231 g/mol. The topological polar surface area (TPSA) is 42.1 Å². The van der Waals surface area contributed by atoms with Crippen molar-refractivity contribution < 1.29 is 0 Å². The van der Waals surface area contributed by atoms with E-state index in [-0.39, 0.29) is 0 Å². The first-order valence-electron chi connectivity index (χ1n) is 4.79. The third-order valence-electron chi connectivity index (χ3n) is 2.56. The van der Waals surface area contributed by atoms with Gasteiger partial charge in [-0.3, -0.25) is 0 Å². The van der Waals surface area contributed by atoms with Gasteiger partial charge in [-0.15, -0.1) is 11.3 Å². The molecule has 1 atom stereocenters. The molecule has 0 fully saturated rings. The Morgan fingerprint density at radius 2 is 2.50 bits per heavy atom. The van der Waals surface area contributed by atoms with Crippen LogP contribution in [0.5, 0.6) is 0 Å². The van der Waals surface area contributed by atoms with E-state index in [2.05, 4.69) is 4.98 Å². The molecule has 5 heteroatoms. The number of hydrogen-bond acceptors (Lipinski definition) is 4. The highest BCUT2D eigenvalue weighted by Crippen LogP contribution is 2.36. The largest absolute Gasteiger partial charge is 0.375 e. The molecule has 14 heavy (non-hydrogen) atoms. The first-order valence-corrected chi connectivity index (χ1v) is 5.94. The third-order valence-corrected chi connectivity index (χ3v) is 3.66. The quantitative estimate of drug-likeness (QED) is 0.794. The highest BCUT2D eigenvalue weighted by Gasteiger charge is 2.24. The van der Waals surface area contributed by atoms with Gasteiger partial charge in [-0.05, 0) is 31.0 Å². The van der Waals surface area contributed by atoms with Crippen LogP contribution in [0.2, 0.25) is 0 Å². The van der Waals surface area contributed by atoms with Crippen molar-refractivity contribution in [3.8, 4) is 0 Å². The zero-order valence-electron chi connectivity index (χ0n) is 8.16. The fraction of sp³-hybridized carbons (Fsp3) is 0.667. The van der Waals surface area contributed by atoms with Gasteiger partial charge < -0.3 is 5.73 Å². The standard InChI is InChI=1S/C9H14ClN3S/c1-13(10)5-6-3-2-4-7-8(6)12-9(11)14-7/h6H,2-5H2,1H3,(H2,11,12). The minimum atomic E-state index is 0.467. The molecule has 1 aliphatic rings. The van der Waals surface area contributed by atoms with Crippen molar-refractivity contribution in [3.63, 3.8) is 0 Å². The number of nitrogens with two attached hydrogens (primary N) is 1. The number of aromatic nitrogens is 1. The first-order chi connectivity index (χ1) is 6.66. The number of anilines is 1. The number of aryl methyl sites for hydroxylation is 1. The van der Waals surface area contributed by atoms with Gasteiger partial charge in [0.25, 0.3) is 0 Å². The molecule has 0 aromatic carbocycles.